The molecule has 29 heavy (non-hydrogen) atoms. The lowest BCUT2D eigenvalue weighted by Crippen LogP contribution is -2.47. The maximum Gasteiger partial charge on any atom is 0.254 e. The van der Waals surface area contributed by atoms with E-state index in [1.807, 2.05) is 16.3 Å². The van der Waals surface area contributed by atoms with Crippen molar-refractivity contribution in [3.8, 4) is 0 Å². The van der Waals surface area contributed by atoms with Crippen LogP contribution in [0.5, 0.6) is 0 Å². The van der Waals surface area contributed by atoms with Gasteiger partial charge in [0, 0.05) is 37.4 Å². The van der Waals surface area contributed by atoms with Crippen molar-refractivity contribution in [3.63, 3.8) is 0 Å². The molecule has 7 nitrogen and oxygen atoms in total. The van der Waals surface area contributed by atoms with Crippen molar-refractivity contribution in [2.45, 2.75) is 39.7 Å². The SMILES string of the molecule is Cc1nc2ncnn2c(N2CCCC(C(=O)N3CCc4ccccc4C3)C2)c1C. The summed E-state index contributed by atoms with van der Waals surface area (Å²) in [4.78, 5) is 26.5. The lowest BCUT2D eigenvalue weighted by Gasteiger charge is -2.38. The van der Waals surface area contributed by atoms with Crippen LogP contribution in [0.1, 0.15) is 35.2 Å². The first-order valence-electron chi connectivity index (χ1n) is 10.4. The van der Waals surface area contributed by atoms with Gasteiger partial charge in [0.2, 0.25) is 5.91 Å². The highest BCUT2D eigenvalue weighted by Crippen LogP contribution is 2.29. The number of anilines is 1. The summed E-state index contributed by atoms with van der Waals surface area (Å²) >= 11 is 0. The number of benzene rings is 1. The smallest absolute Gasteiger partial charge is 0.254 e. The Morgan fingerprint density at radius 2 is 1.97 bits per heavy atom. The molecule has 0 spiro atoms. The fraction of sp³-hybridized carbons (Fsp3) is 0.455. The van der Waals surface area contributed by atoms with Gasteiger partial charge in [-0.3, -0.25) is 4.79 Å². The summed E-state index contributed by atoms with van der Waals surface area (Å²) < 4.78 is 1.81. The van der Waals surface area contributed by atoms with Gasteiger partial charge in [-0.25, -0.2) is 4.98 Å². The second-order valence-electron chi connectivity index (χ2n) is 8.18. The minimum Gasteiger partial charge on any atom is -0.355 e. The number of hydrogen-bond acceptors (Lipinski definition) is 5. The number of aryl methyl sites for hydroxylation is 1. The maximum absolute atomic E-state index is 13.4. The van der Waals surface area contributed by atoms with E-state index in [1.54, 1.807) is 6.33 Å². The third kappa shape index (κ3) is 3.14. The fourth-order valence-corrected chi connectivity index (χ4v) is 4.70. The van der Waals surface area contributed by atoms with Crippen LogP contribution in [0.4, 0.5) is 5.82 Å². The Morgan fingerprint density at radius 3 is 2.83 bits per heavy atom. The van der Waals surface area contributed by atoms with E-state index in [-0.39, 0.29) is 11.8 Å². The Labute approximate surface area is 170 Å². The molecule has 2 aliphatic rings. The van der Waals surface area contributed by atoms with Gasteiger partial charge >= 0.3 is 0 Å². The molecule has 1 fully saturated rings. The molecule has 0 saturated carbocycles. The summed E-state index contributed by atoms with van der Waals surface area (Å²) in [7, 11) is 0. The molecule has 1 aromatic carbocycles. The van der Waals surface area contributed by atoms with E-state index in [0.717, 1.165) is 62.5 Å². The zero-order valence-corrected chi connectivity index (χ0v) is 17.0. The third-order valence-corrected chi connectivity index (χ3v) is 6.39. The molecule has 0 N–H and O–H groups in total. The molecule has 0 bridgehead atoms. The Kier molecular flexibility index (Phi) is 4.45. The molecule has 2 aromatic heterocycles. The van der Waals surface area contributed by atoms with Gasteiger partial charge in [0.05, 0.1) is 5.92 Å². The molecule has 5 rings (SSSR count). The number of hydrogen-bond donors (Lipinski definition) is 0. The molecule has 1 unspecified atom stereocenters. The van der Waals surface area contributed by atoms with E-state index >= 15 is 0 Å². The standard InChI is InChI=1S/C22H26N6O/c1-15-16(2)25-22-23-14-24-28(22)20(15)26-10-5-8-19(13-26)21(29)27-11-9-17-6-3-4-7-18(17)12-27/h3-4,6-7,14,19H,5,8-13H2,1-2H3. The van der Waals surface area contributed by atoms with E-state index in [1.165, 1.54) is 11.1 Å². The van der Waals surface area contributed by atoms with E-state index in [4.69, 9.17) is 0 Å². The molecule has 0 aliphatic carbocycles. The van der Waals surface area contributed by atoms with Crippen LogP contribution in [-0.2, 0) is 17.8 Å². The monoisotopic (exact) mass is 390 g/mol. The van der Waals surface area contributed by atoms with Gasteiger partial charge in [0.1, 0.15) is 12.1 Å². The average molecular weight is 390 g/mol. The summed E-state index contributed by atoms with van der Waals surface area (Å²) in [6, 6.07) is 8.47. The van der Waals surface area contributed by atoms with Gasteiger partial charge in [-0.05, 0) is 44.2 Å². The number of carbonyl (C=O) groups excluding carboxylic acids is 1. The summed E-state index contributed by atoms with van der Waals surface area (Å²) in [5.74, 6) is 1.93. The number of nitrogens with zero attached hydrogens (tertiary/aromatic N) is 6. The average Bonchev–Trinajstić information content (AvgIpc) is 3.21. The van der Waals surface area contributed by atoms with Crippen LogP contribution in [0.15, 0.2) is 30.6 Å². The van der Waals surface area contributed by atoms with Gasteiger partial charge in [0.25, 0.3) is 5.78 Å². The third-order valence-electron chi connectivity index (χ3n) is 6.39. The van der Waals surface area contributed by atoms with Crippen molar-refractivity contribution in [1.29, 1.82) is 0 Å². The molecule has 1 saturated heterocycles. The molecule has 150 valence electrons. The molecular weight excluding hydrogens is 364 g/mol. The molecular formula is C22H26N6O. The molecule has 4 heterocycles. The van der Waals surface area contributed by atoms with Crippen molar-refractivity contribution in [2.75, 3.05) is 24.5 Å². The lowest BCUT2D eigenvalue weighted by atomic mass is 9.93. The Bertz CT molecular complexity index is 1070. The van der Waals surface area contributed by atoms with Gasteiger partial charge in [-0.1, -0.05) is 24.3 Å². The van der Waals surface area contributed by atoms with E-state index < -0.39 is 0 Å². The van der Waals surface area contributed by atoms with Crippen LogP contribution < -0.4 is 4.90 Å². The first kappa shape index (κ1) is 18.1. The number of fused-ring (bicyclic) bond motifs is 2. The van der Waals surface area contributed by atoms with Crippen LogP contribution in [0.25, 0.3) is 5.78 Å². The summed E-state index contributed by atoms with van der Waals surface area (Å²) in [6.07, 6.45) is 4.43. The molecule has 0 radical (unpaired) electrons. The van der Waals surface area contributed by atoms with E-state index in [2.05, 4.69) is 51.2 Å². The molecule has 1 atom stereocenters. The molecule has 1 amide bonds. The zero-order chi connectivity index (χ0) is 20.0. The topological polar surface area (TPSA) is 66.6 Å². The van der Waals surface area contributed by atoms with Crippen LogP contribution >= 0.6 is 0 Å². The van der Waals surface area contributed by atoms with Crippen LogP contribution in [0.3, 0.4) is 0 Å². The maximum atomic E-state index is 13.4. The second-order valence-corrected chi connectivity index (χ2v) is 8.18. The van der Waals surface area contributed by atoms with E-state index in [9.17, 15) is 4.79 Å². The normalized spacial score (nSPS) is 19.4. The van der Waals surface area contributed by atoms with E-state index in [0.29, 0.717) is 5.78 Å². The van der Waals surface area contributed by atoms with Crippen molar-refractivity contribution in [3.05, 3.63) is 53.0 Å². The van der Waals surface area contributed by atoms with Crippen LogP contribution in [-0.4, -0.2) is 50.0 Å². The van der Waals surface area contributed by atoms with Gasteiger partial charge in [-0.15, -0.1) is 0 Å². The zero-order valence-electron chi connectivity index (χ0n) is 17.0. The van der Waals surface area contributed by atoms with Crippen molar-refractivity contribution in [1.82, 2.24) is 24.5 Å². The largest absolute Gasteiger partial charge is 0.355 e. The Hall–Kier alpha value is -2.96. The van der Waals surface area contributed by atoms with Crippen LogP contribution in [0, 0.1) is 19.8 Å². The van der Waals surface area contributed by atoms with Gasteiger partial charge in [-0.2, -0.15) is 14.6 Å². The number of aromatic nitrogens is 4. The molecule has 2 aliphatic heterocycles. The first-order chi connectivity index (χ1) is 14.1. The Morgan fingerprint density at radius 1 is 1.14 bits per heavy atom. The second kappa shape index (κ2) is 7.13. The van der Waals surface area contributed by atoms with Crippen molar-refractivity contribution in [2.24, 2.45) is 5.92 Å². The number of piperidine rings is 1. The highest BCUT2D eigenvalue weighted by molar-refractivity contribution is 5.80. The van der Waals surface area contributed by atoms with Crippen molar-refractivity contribution < 1.29 is 4.79 Å². The fourth-order valence-electron chi connectivity index (χ4n) is 4.70. The minimum absolute atomic E-state index is 0.0143. The predicted octanol–water partition coefficient (Wildman–Crippen LogP) is 2.54. The van der Waals surface area contributed by atoms with Gasteiger partial charge < -0.3 is 9.80 Å². The summed E-state index contributed by atoms with van der Waals surface area (Å²) in [5.41, 5.74) is 4.72. The number of amides is 1. The number of carbonyl (C=O) groups is 1. The summed E-state index contributed by atoms with van der Waals surface area (Å²) in [5, 5.41) is 4.39. The lowest BCUT2D eigenvalue weighted by molar-refractivity contribution is -0.136. The van der Waals surface area contributed by atoms with Crippen LogP contribution in [0.2, 0.25) is 0 Å². The summed E-state index contributed by atoms with van der Waals surface area (Å²) in [6.45, 7) is 7.26. The predicted molar refractivity (Wildman–Crippen MR) is 111 cm³/mol. The first-order valence-corrected chi connectivity index (χ1v) is 10.4. The quantitative estimate of drug-likeness (QED) is 0.673. The molecule has 7 heteroatoms. The molecule has 3 aromatic rings. The van der Waals surface area contributed by atoms with Gasteiger partial charge in [0.15, 0.2) is 0 Å². The highest BCUT2D eigenvalue weighted by atomic mass is 16.2. The van der Waals surface area contributed by atoms with Crippen molar-refractivity contribution >= 4 is 17.5 Å². The minimum atomic E-state index is 0.0143. The Balaban J connectivity index is 1.39. The highest BCUT2D eigenvalue weighted by Gasteiger charge is 2.32. The number of rotatable bonds is 2.